The summed E-state index contributed by atoms with van der Waals surface area (Å²) in [5, 5.41) is 4.28. The van der Waals surface area contributed by atoms with E-state index >= 15 is 0 Å². The summed E-state index contributed by atoms with van der Waals surface area (Å²) in [6, 6.07) is 0. The van der Waals surface area contributed by atoms with E-state index in [1.54, 1.807) is 11.8 Å². The molecule has 0 aliphatic carbocycles. The zero-order chi connectivity index (χ0) is 9.31. The molecule has 0 bridgehead atoms. The highest BCUT2D eigenvalue weighted by Gasteiger charge is 2.42. The predicted molar refractivity (Wildman–Crippen MR) is 58.0 cm³/mol. The molecule has 2 aliphatic heterocycles. The van der Waals surface area contributed by atoms with E-state index in [-0.39, 0.29) is 5.54 Å². The van der Waals surface area contributed by atoms with Crippen molar-refractivity contribution in [3.8, 4) is 0 Å². The first-order chi connectivity index (χ1) is 6.27. The van der Waals surface area contributed by atoms with Crippen LogP contribution >= 0.6 is 11.8 Å². The molecule has 1 atom stereocenters. The summed E-state index contributed by atoms with van der Waals surface area (Å²) in [6.45, 7) is 4.05. The molecule has 0 spiro atoms. The van der Waals surface area contributed by atoms with Crippen LogP contribution in [0.5, 0.6) is 0 Å². The predicted octanol–water partition coefficient (Wildman–Crippen LogP) is 1.90. The van der Waals surface area contributed by atoms with E-state index in [0.29, 0.717) is 0 Å². The average Bonchev–Trinajstić information content (AvgIpc) is 2.12. The largest absolute Gasteiger partial charge is 0.373 e. The molecule has 68 valence electrons. The summed E-state index contributed by atoms with van der Waals surface area (Å²) in [5.41, 5.74) is 2.75. The lowest BCUT2D eigenvalue weighted by molar-refractivity contribution is 0.548. The summed E-state index contributed by atoms with van der Waals surface area (Å²) < 4.78 is 0. The van der Waals surface area contributed by atoms with E-state index in [4.69, 9.17) is 0 Å². The summed E-state index contributed by atoms with van der Waals surface area (Å²) in [4.78, 5) is 8.62. The molecule has 1 N–H and O–H groups in total. The van der Waals surface area contributed by atoms with Crippen molar-refractivity contribution in [2.24, 2.45) is 9.98 Å². The molecule has 2 aliphatic rings. The summed E-state index contributed by atoms with van der Waals surface area (Å²) >= 11 is 1.57. The van der Waals surface area contributed by atoms with Gasteiger partial charge in [0.2, 0.25) is 0 Å². The van der Waals surface area contributed by atoms with Crippen LogP contribution in [0.15, 0.2) is 34.2 Å². The second-order valence-corrected chi connectivity index (χ2v) is 3.90. The van der Waals surface area contributed by atoms with E-state index in [9.17, 15) is 0 Å². The van der Waals surface area contributed by atoms with Crippen molar-refractivity contribution in [1.29, 1.82) is 0 Å². The fourth-order valence-electron chi connectivity index (χ4n) is 1.24. The Morgan fingerprint density at radius 1 is 1.69 bits per heavy atom. The summed E-state index contributed by atoms with van der Waals surface area (Å²) in [6.07, 6.45) is 5.65. The quantitative estimate of drug-likeness (QED) is 0.690. The van der Waals surface area contributed by atoms with Gasteiger partial charge in [0.15, 0.2) is 0 Å². The minimum Gasteiger partial charge on any atom is -0.373 e. The van der Waals surface area contributed by atoms with Crippen LogP contribution in [0.25, 0.3) is 0 Å². The van der Waals surface area contributed by atoms with Gasteiger partial charge >= 0.3 is 0 Å². The van der Waals surface area contributed by atoms with Crippen molar-refractivity contribution in [2.45, 2.75) is 19.4 Å². The highest BCUT2D eigenvalue weighted by atomic mass is 32.2. The highest BCUT2D eigenvalue weighted by molar-refractivity contribution is 8.25. The van der Waals surface area contributed by atoms with Crippen LogP contribution < -0.4 is 5.32 Å². The maximum absolute atomic E-state index is 4.36. The molecule has 0 saturated carbocycles. The first-order valence-electron chi connectivity index (χ1n) is 4.14. The third kappa shape index (κ3) is 1.21. The lowest BCUT2D eigenvalue weighted by atomic mass is 9.94. The standard InChI is InChI=1S/C9H11N3S/c1-3-4-10-8-9(2)7(5-12-9)11-6-13-8/h3-6,12H,1-2H3/b4-3+,10-8?. The average molecular weight is 193 g/mol. The fourth-order valence-corrected chi connectivity index (χ4v) is 2.03. The maximum atomic E-state index is 4.36. The molecule has 1 unspecified atom stereocenters. The molecule has 2 heterocycles. The minimum atomic E-state index is -0.140. The molecule has 0 aromatic rings. The van der Waals surface area contributed by atoms with Crippen molar-refractivity contribution in [2.75, 3.05) is 0 Å². The van der Waals surface area contributed by atoms with Gasteiger partial charge in [-0.1, -0.05) is 17.8 Å². The Labute approximate surface area is 81.7 Å². The lowest BCUT2D eigenvalue weighted by Gasteiger charge is -2.40. The van der Waals surface area contributed by atoms with E-state index in [2.05, 4.69) is 22.2 Å². The SMILES string of the molecule is C/C=C/N=C1SC=NC2=CNC21C. The number of hydrogen-bond donors (Lipinski definition) is 1. The molecular formula is C9H11N3S. The van der Waals surface area contributed by atoms with Crippen LogP contribution in [0.2, 0.25) is 0 Å². The number of hydrogen-bond acceptors (Lipinski definition) is 4. The Morgan fingerprint density at radius 3 is 3.15 bits per heavy atom. The minimum absolute atomic E-state index is 0.140. The summed E-state index contributed by atoms with van der Waals surface area (Å²) in [7, 11) is 0. The van der Waals surface area contributed by atoms with E-state index in [1.807, 2.05) is 30.9 Å². The van der Waals surface area contributed by atoms with Gasteiger partial charge < -0.3 is 5.32 Å². The molecule has 3 nitrogen and oxygen atoms in total. The first-order valence-corrected chi connectivity index (χ1v) is 5.02. The van der Waals surface area contributed by atoms with Gasteiger partial charge in [-0.15, -0.1) is 0 Å². The molecule has 13 heavy (non-hydrogen) atoms. The van der Waals surface area contributed by atoms with Crippen LogP contribution in [0.3, 0.4) is 0 Å². The van der Waals surface area contributed by atoms with Crippen LogP contribution in [0, 0.1) is 0 Å². The molecular weight excluding hydrogens is 182 g/mol. The van der Waals surface area contributed by atoms with Crippen molar-refractivity contribution in [3.05, 3.63) is 24.2 Å². The Balaban J connectivity index is 2.32. The van der Waals surface area contributed by atoms with Gasteiger partial charge in [-0.2, -0.15) is 0 Å². The van der Waals surface area contributed by atoms with Gasteiger partial charge in [0.1, 0.15) is 10.6 Å². The normalized spacial score (nSPS) is 34.0. The third-order valence-corrected chi connectivity index (χ3v) is 3.08. The van der Waals surface area contributed by atoms with Crippen molar-refractivity contribution >= 4 is 22.4 Å². The Morgan fingerprint density at radius 2 is 2.54 bits per heavy atom. The van der Waals surface area contributed by atoms with Crippen LogP contribution in [0.1, 0.15) is 13.8 Å². The second kappa shape index (κ2) is 3.03. The maximum Gasteiger partial charge on any atom is 0.127 e. The van der Waals surface area contributed by atoms with E-state index in [0.717, 1.165) is 10.7 Å². The lowest BCUT2D eigenvalue weighted by Crippen LogP contribution is -2.55. The van der Waals surface area contributed by atoms with Crippen molar-refractivity contribution < 1.29 is 0 Å². The second-order valence-electron chi connectivity index (χ2n) is 3.07. The van der Waals surface area contributed by atoms with Crippen LogP contribution in [-0.4, -0.2) is 16.1 Å². The first kappa shape index (κ1) is 8.56. The van der Waals surface area contributed by atoms with Crippen LogP contribution in [0.4, 0.5) is 0 Å². The monoisotopic (exact) mass is 193 g/mol. The number of fused-ring (bicyclic) bond motifs is 1. The third-order valence-electron chi connectivity index (χ3n) is 2.13. The zero-order valence-electron chi connectivity index (χ0n) is 7.61. The number of rotatable bonds is 1. The molecule has 0 aromatic heterocycles. The number of nitrogens with zero attached hydrogens (tertiary/aromatic N) is 2. The number of nitrogens with one attached hydrogen (secondary N) is 1. The molecule has 0 fully saturated rings. The molecule has 0 saturated heterocycles. The molecule has 4 heteroatoms. The Bertz CT molecular complexity index is 338. The van der Waals surface area contributed by atoms with E-state index in [1.165, 1.54) is 0 Å². The van der Waals surface area contributed by atoms with E-state index < -0.39 is 0 Å². The Kier molecular flexibility index (Phi) is 2.00. The van der Waals surface area contributed by atoms with Gasteiger partial charge in [-0.3, -0.25) is 4.99 Å². The van der Waals surface area contributed by atoms with Gasteiger partial charge in [-0.05, 0) is 13.8 Å². The zero-order valence-corrected chi connectivity index (χ0v) is 8.43. The molecule has 0 amide bonds. The van der Waals surface area contributed by atoms with Gasteiger partial charge in [0.05, 0.1) is 11.2 Å². The topological polar surface area (TPSA) is 36.8 Å². The summed E-state index contributed by atoms with van der Waals surface area (Å²) in [5.74, 6) is 0. The molecule has 0 aromatic carbocycles. The fraction of sp³-hybridized carbons (Fsp3) is 0.333. The Hall–Kier alpha value is -1.03. The van der Waals surface area contributed by atoms with Gasteiger partial charge in [0, 0.05) is 12.4 Å². The smallest absolute Gasteiger partial charge is 0.127 e. The van der Waals surface area contributed by atoms with Crippen molar-refractivity contribution in [3.63, 3.8) is 0 Å². The van der Waals surface area contributed by atoms with Crippen molar-refractivity contribution in [1.82, 2.24) is 5.32 Å². The molecule has 2 rings (SSSR count). The van der Waals surface area contributed by atoms with Crippen LogP contribution in [-0.2, 0) is 0 Å². The molecule has 0 radical (unpaired) electrons. The van der Waals surface area contributed by atoms with Gasteiger partial charge in [0.25, 0.3) is 0 Å². The number of aliphatic imine (C=N–C) groups is 2. The highest BCUT2D eigenvalue weighted by Crippen LogP contribution is 2.34. The number of thioether (sulfide) groups is 1. The number of allylic oxidation sites excluding steroid dienone is 1. The van der Waals surface area contributed by atoms with Gasteiger partial charge in [-0.25, -0.2) is 4.99 Å².